The van der Waals surface area contributed by atoms with Gasteiger partial charge in [-0.15, -0.1) is 0 Å². The molecular formula is C34H68O4. The van der Waals surface area contributed by atoms with Gasteiger partial charge in [-0.3, -0.25) is 9.59 Å². The topological polar surface area (TPSA) is 74.6 Å². The molecule has 0 aliphatic carbocycles. The highest BCUT2D eigenvalue weighted by Gasteiger charge is 1.98. The van der Waals surface area contributed by atoms with E-state index in [1.807, 2.05) is 0 Å². The lowest BCUT2D eigenvalue weighted by Gasteiger charge is -2.03. The Hall–Kier alpha value is -1.06. The number of carbonyl (C=O) groups is 2. The van der Waals surface area contributed by atoms with Crippen LogP contribution in [0.4, 0.5) is 0 Å². The molecule has 0 aromatic rings. The van der Waals surface area contributed by atoms with E-state index in [0.29, 0.717) is 12.8 Å². The van der Waals surface area contributed by atoms with E-state index in [4.69, 9.17) is 10.2 Å². The molecule has 0 rings (SSSR count). The van der Waals surface area contributed by atoms with Crippen molar-refractivity contribution in [2.75, 3.05) is 0 Å². The largest absolute Gasteiger partial charge is 0.481 e. The average molecular weight is 541 g/mol. The molecule has 0 radical (unpaired) electrons. The smallest absolute Gasteiger partial charge is 0.303 e. The molecule has 0 unspecified atom stereocenters. The molecule has 0 bridgehead atoms. The number of hydrogen-bond donors (Lipinski definition) is 2. The molecule has 0 atom stereocenters. The fraction of sp³-hybridized carbons (Fsp3) is 0.941. The van der Waals surface area contributed by atoms with E-state index in [9.17, 15) is 9.59 Å². The SMILES string of the molecule is CCCCCCCCCCCC(=O)O.CCCCCCCCCCCCCCCCCCCCCC(=O)O. The van der Waals surface area contributed by atoms with Gasteiger partial charge in [-0.2, -0.15) is 0 Å². The van der Waals surface area contributed by atoms with E-state index in [2.05, 4.69) is 13.8 Å². The Bertz CT molecular complexity index is 463. The molecule has 0 spiro atoms. The zero-order valence-corrected chi connectivity index (χ0v) is 25.9. The predicted molar refractivity (Wildman–Crippen MR) is 165 cm³/mol. The molecule has 0 aliphatic rings. The summed E-state index contributed by atoms with van der Waals surface area (Å²) in [5.41, 5.74) is 0. The van der Waals surface area contributed by atoms with Gasteiger partial charge >= 0.3 is 11.9 Å². The highest BCUT2D eigenvalue weighted by molar-refractivity contribution is 5.66. The van der Waals surface area contributed by atoms with Crippen molar-refractivity contribution in [3.63, 3.8) is 0 Å². The Labute approximate surface area is 238 Å². The van der Waals surface area contributed by atoms with Gasteiger partial charge in [0.15, 0.2) is 0 Å². The van der Waals surface area contributed by atoms with Crippen LogP contribution in [0.5, 0.6) is 0 Å². The number of carboxylic acids is 2. The first-order valence-electron chi connectivity index (χ1n) is 17.0. The van der Waals surface area contributed by atoms with Gasteiger partial charge < -0.3 is 10.2 Å². The Kier molecular flexibility index (Phi) is 37.0. The van der Waals surface area contributed by atoms with Gasteiger partial charge in [0.2, 0.25) is 0 Å². The van der Waals surface area contributed by atoms with Gasteiger partial charge in [-0.1, -0.05) is 181 Å². The van der Waals surface area contributed by atoms with Gasteiger partial charge in [-0.25, -0.2) is 0 Å². The lowest BCUT2D eigenvalue weighted by molar-refractivity contribution is -0.138. The molecule has 0 aromatic carbocycles. The molecular weight excluding hydrogens is 472 g/mol. The van der Waals surface area contributed by atoms with Crippen molar-refractivity contribution in [3.8, 4) is 0 Å². The third kappa shape index (κ3) is 42.0. The molecule has 0 heterocycles. The average Bonchev–Trinajstić information content (AvgIpc) is 2.89. The zero-order valence-electron chi connectivity index (χ0n) is 25.9. The molecule has 2 N–H and O–H groups in total. The van der Waals surface area contributed by atoms with E-state index in [1.165, 1.54) is 154 Å². The molecule has 0 amide bonds. The Morgan fingerprint density at radius 2 is 0.474 bits per heavy atom. The van der Waals surface area contributed by atoms with Crippen molar-refractivity contribution in [1.29, 1.82) is 0 Å². The van der Waals surface area contributed by atoms with Crippen LogP contribution in [-0.4, -0.2) is 22.2 Å². The van der Waals surface area contributed by atoms with E-state index in [1.54, 1.807) is 0 Å². The van der Waals surface area contributed by atoms with E-state index < -0.39 is 11.9 Å². The minimum Gasteiger partial charge on any atom is -0.481 e. The Balaban J connectivity index is 0. The third-order valence-corrected chi connectivity index (χ3v) is 7.49. The maximum absolute atomic E-state index is 10.4. The fourth-order valence-electron chi connectivity index (χ4n) is 4.94. The van der Waals surface area contributed by atoms with Crippen LogP contribution in [0.2, 0.25) is 0 Å². The molecule has 0 saturated carbocycles. The van der Waals surface area contributed by atoms with Gasteiger partial charge in [0.25, 0.3) is 0 Å². The first-order valence-corrected chi connectivity index (χ1v) is 17.0. The Morgan fingerprint density at radius 3 is 0.632 bits per heavy atom. The predicted octanol–water partition coefficient (Wildman–Crippen LogP) is 11.9. The van der Waals surface area contributed by atoms with Crippen LogP contribution in [0.1, 0.15) is 206 Å². The van der Waals surface area contributed by atoms with E-state index in [0.717, 1.165) is 25.7 Å². The van der Waals surface area contributed by atoms with Crippen molar-refractivity contribution in [3.05, 3.63) is 0 Å². The van der Waals surface area contributed by atoms with E-state index in [-0.39, 0.29) is 0 Å². The number of aliphatic carboxylic acids is 2. The molecule has 4 heteroatoms. The highest BCUT2D eigenvalue weighted by Crippen LogP contribution is 2.15. The lowest BCUT2D eigenvalue weighted by Crippen LogP contribution is -1.93. The van der Waals surface area contributed by atoms with Crippen LogP contribution in [0.15, 0.2) is 0 Å². The van der Waals surface area contributed by atoms with Gasteiger partial charge in [0.1, 0.15) is 0 Å². The number of unbranched alkanes of at least 4 members (excludes halogenated alkanes) is 26. The molecule has 0 aliphatic heterocycles. The van der Waals surface area contributed by atoms with Crippen LogP contribution in [0.3, 0.4) is 0 Å². The maximum atomic E-state index is 10.4. The highest BCUT2D eigenvalue weighted by atomic mass is 16.4. The normalized spacial score (nSPS) is 10.8. The maximum Gasteiger partial charge on any atom is 0.303 e. The lowest BCUT2D eigenvalue weighted by atomic mass is 10.0. The van der Waals surface area contributed by atoms with Gasteiger partial charge in [-0.05, 0) is 12.8 Å². The van der Waals surface area contributed by atoms with Gasteiger partial charge in [0.05, 0.1) is 0 Å². The van der Waals surface area contributed by atoms with Crippen LogP contribution >= 0.6 is 0 Å². The summed E-state index contributed by atoms with van der Waals surface area (Å²) < 4.78 is 0. The first-order chi connectivity index (χ1) is 18.5. The molecule has 0 aromatic heterocycles. The summed E-state index contributed by atoms with van der Waals surface area (Å²) in [7, 11) is 0. The van der Waals surface area contributed by atoms with Gasteiger partial charge in [0, 0.05) is 12.8 Å². The van der Waals surface area contributed by atoms with Crippen LogP contribution in [-0.2, 0) is 9.59 Å². The molecule has 0 fully saturated rings. The summed E-state index contributed by atoms with van der Waals surface area (Å²) in [6.07, 6.45) is 37.6. The summed E-state index contributed by atoms with van der Waals surface area (Å²) in [6.45, 7) is 4.51. The molecule has 228 valence electrons. The summed E-state index contributed by atoms with van der Waals surface area (Å²) in [6, 6.07) is 0. The number of rotatable bonds is 30. The van der Waals surface area contributed by atoms with Crippen molar-refractivity contribution in [1.82, 2.24) is 0 Å². The summed E-state index contributed by atoms with van der Waals surface area (Å²) in [5, 5.41) is 17.0. The number of carboxylic acid groups (broad SMARTS) is 2. The third-order valence-electron chi connectivity index (χ3n) is 7.49. The van der Waals surface area contributed by atoms with Crippen LogP contribution < -0.4 is 0 Å². The monoisotopic (exact) mass is 541 g/mol. The summed E-state index contributed by atoms with van der Waals surface area (Å²) in [4.78, 5) is 20.6. The minimum absolute atomic E-state index is 0.343. The molecule has 4 nitrogen and oxygen atoms in total. The van der Waals surface area contributed by atoms with Crippen LogP contribution in [0, 0.1) is 0 Å². The fourth-order valence-corrected chi connectivity index (χ4v) is 4.94. The minimum atomic E-state index is -0.659. The second kappa shape index (κ2) is 35.9. The van der Waals surface area contributed by atoms with Crippen molar-refractivity contribution < 1.29 is 19.8 Å². The zero-order chi connectivity index (χ0) is 28.4. The summed E-state index contributed by atoms with van der Waals surface area (Å²) >= 11 is 0. The molecule has 0 saturated heterocycles. The summed E-state index contributed by atoms with van der Waals surface area (Å²) in [5.74, 6) is -1.31. The standard InChI is InChI=1S/C22H44O2.C12H24O2/c1-2-3-4-5-6-7-8-9-10-11-12-13-14-15-16-17-18-19-20-21-22(23)24;1-2-3-4-5-6-7-8-9-10-11-12(13)14/h2-21H2,1H3,(H,23,24);2-11H2,1H3,(H,13,14). The Morgan fingerprint density at radius 1 is 0.316 bits per heavy atom. The van der Waals surface area contributed by atoms with Crippen LogP contribution in [0.25, 0.3) is 0 Å². The number of hydrogen-bond acceptors (Lipinski definition) is 2. The van der Waals surface area contributed by atoms with Crippen molar-refractivity contribution in [2.24, 2.45) is 0 Å². The molecule has 38 heavy (non-hydrogen) atoms. The second-order valence-corrected chi connectivity index (χ2v) is 11.5. The quantitative estimate of drug-likeness (QED) is 0.0888. The van der Waals surface area contributed by atoms with Crippen molar-refractivity contribution >= 4 is 11.9 Å². The van der Waals surface area contributed by atoms with Crippen molar-refractivity contribution in [2.45, 2.75) is 206 Å². The first kappa shape index (κ1) is 39.1. The second-order valence-electron chi connectivity index (χ2n) is 11.5. The van der Waals surface area contributed by atoms with E-state index >= 15 is 0 Å².